The van der Waals surface area contributed by atoms with Crippen molar-refractivity contribution in [3.05, 3.63) is 36.5 Å². The van der Waals surface area contributed by atoms with Crippen molar-refractivity contribution in [3.8, 4) is 0 Å². The van der Waals surface area contributed by atoms with Crippen LogP contribution in [-0.4, -0.2) is 23.7 Å². The summed E-state index contributed by atoms with van der Waals surface area (Å²) < 4.78 is 5.81. The molecular weight excluding hydrogens is 248 g/mol. The fraction of sp³-hybridized carbons (Fsp3) is 0.471. The van der Waals surface area contributed by atoms with Gasteiger partial charge in [-0.15, -0.1) is 0 Å². The van der Waals surface area contributed by atoms with Crippen LogP contribution in [0.15, 0.2) is 36.5 Å². The molecule has 1 aromatic heterocycles. The third-order valence-corrected chi connectivity index (χ3v) is 3.95. The number of rotatable bonds is 4. The van der Waals surface area contributed by atoms with Gasteiger partial charge in [-0.25, -0.2) is 0 Å². The van der Waals surface area contributed by atoms with E-state index in [9.17, 15) is 0 Å². The largest absolute Gasteiger partial charge is 0.382 e. The van der Waals surface area contributed by atoms with Gasteiger partial charge in [0.1, 0.15) is 0 Å². The standard InChI is InChI=1S/C17H22N2O/c1-2-4-16-12-15(8-10-20-16)19-14-6-7-17-13(11-14)5-3-9-18-17/h3,5-7,9,11,15-16,19H,2,4,8,10,12H2,1H3. The van der Waals surface area contributed by atoms with E-state index in [0.717, 1.165) is 25.0 Å². The molecule has 2 heterocycles. The number of fused-ring (bicyclic) bond motifs is 1. The normalized spacial score (nSPS) is 22.9. The van der Waals surface area contributed by atoms with Crippen LogP contribution in [0, 0.1) is 0 Å². The van der Waals surface area contributed by atoms with E-state index in [-0.39, 0.29) is 0 Å². The first-order valence-electron chi connectivity index (χ1n) is 7.58. The molecule has 0 radical (unpaired) electrons. The molecule has 1 fully saturated rings. The Balaban J connectivity index is 1.69. The van der Waals surface area contributed by atoms with Crippen LogP contribution in [0.5, 0.6) is 0 Å². The van der Waals surface area contributed by atoms with Gasteiger partial charge in [-0.1, -0.05) is 19.4 Å². The van der Waals surface area contributed by atoms with Gasteiger partial charge in [0.2, 0.25) is 0 Å². The number of hydrogen-bond acceptors (Lipinski definition) is 3. The van der Waals surface area contributed by atoms with Crippen LogP contribution in [0.25, 0.3) is 10.9 Å². The first kappa shape index (κ1) is 13.4. The Labute approximate surface area is 120 Å². The topological polar surface area (TPSA) is 34.2 Å². The van der Waals surface area contributed by atoms with E-state index >= 15 is 0 Å². The third-order valence-electron chi connectivity index (χ3n) is 3.95. The van der Waals surface area contributed by atoms with Crippen LogP contribution in [-0.2, 0) is 4.74 Å². The molecule has 1 N–H and O–H groups in total. The van der Waals surface area contributed by atoms with E-state index in [1.807, 2.05) is 12.3 Å². The van der Waals surface area contributed by atoms with E-state index < -0.39 is 0 Å². The van der Waals surface area contributed by atoms with Crippen molar-refractivity contribution in [2.75, 3.05) is 11.9 Å². The van der Waals surface area contributed by atoms with Crippen LogP contribution in [0.3, 0.4) is 0 Å². The van der Waals surface area contributed by atoms with Gasteiger partial charge in [0.05, 0.1) is 11.6 Å². The quantitative estimate of drug-likeness (QED) is 0.912. The number of nitrogens with zero attached hydrogens (tertiary/aromatic N) is 1. The Bertz CT molecular complexity index is 568. The minimum atomic E-state index is 0.424. The number of ether oxygens (including phenoxy) is 1. The smallest absolute Gasteiger partial charge is 0.0703 e. The molecular formula is C17H22N2O. The summed E-state index contributed by atoms with van der Waals surface area (Å²) in [6.07, 6.45) is 6.82. The molecule has 3 heteroatoms. The average Bonchev–Trinajstić information content (AvgIpc) is 2.48. The van der Waals surface area contributed by atoms with E-state index in [0.29, 0.717) is 12.1 Å². The SMILES string of the molecule is CCCC1CC(Nc2ccc3ncccc3c2)CCO1. The van der Waals surface area contributed by atoms with Crippen molar-refractivity contribution in [2.24, 2.45) is 0 Å². The second-order valence-corrected chi connectivity index (χ2v) is 5.56. The number of benzene rings is 1. The maximum absolute atomic E-state index is 5.81. The number of pyridine rings is 1. The first-order valence-corrected chi connectivity index (χ1v) is 7.58. The lowest BCUT2D eigenvalue weighted by molar-refractivity contribution is 0.00598. The summed E-state index contributed by atoms with van der Waals surface area (Å²) in [5, 5.41) is 4.84. The Morgan fingerprint density at radius 2 is 2.30 bits per heavy atom. The molecule has 2 atom stereocenters. The van der Waals surface area contributed by atoms with Gasteiger partial charge in [0.15, 0.2) is 0 Å². The zero-order valence-corrected chi connectivity index (χ0v) is 12.0. The van der Waals surface area contributed by atoms with Crippen LogP contribution in [0.1, 0.15) is 32.6 Å². The minimum absolute atomic E-state index is 0.424. The highest BCUT2D eigenvalue weighted by Gasteiger charge is 2.21. The van der Waals surface area contributed by atoms with Crippen LogP contribution in [0.2, 0.25) is 0 Å². The van der Waals surface area contributed by atoms with Crippen molar-refractivity contribution < 1.29 is 4.74 Å². The van der Waals surface area contributed by atoms with Gasteiger partial charge in [0, 0.05) is 29.9 Å². The molecule has 2 unspecified atom stereocenters. The highest BCUT2D eigenvalue weighted by atomic mass is 16.5. The van der Waals surface area contributed by atoms with Gasteiger partial charge >= 0.3 is 0 Å². The summed E-state index contributed by atoms with van der Waals surface area (Å²) in [7, 11) is 0. The summed E-state index contributed by atoms with van der Waals surface area (Å²) >= 11 is 0. The average molecular weight is 270 g/mol. The lowest BCUT2D eigenvalue weighted by atomic mass is 9.99. The van der Waals surface area contributed by atoms with Crippen LogP contribution in [0.4, 0.5) is 5.69 Å². The van der Waals surface area contributed by atoms with E-state index in [2.05, 4.69) is 41.5 Å². The number of anilines is 1. The van der Waals surface area contributed by atoms with Crippen molar-refractivity contribution in [2.45, 2.75) is 44.8 Å². The summed E-state index contributed by atoms with van der Waals surface area (Å²) in [5.41, 5.74) is 2.24. The molecule has 1 saturated heterocycles. The Morgan fingerprint density at radius 3 is 3.20 bits per heavy atom. The molecule has 0 aliphatic carbocycles. The zero-order chi connectivity index (χ0) is 13.8. The Hall–Kier alpha value is -1.61. The van der Waals surface area contributed by atoms with Gasteiger partial charge in [-0.2, -0.15) is 0 Å². The molecule has 0 spiro atoms. The fourth-order valence-electron chi connectivity index (χ4n) is 2.94. The summed E-state index contributed by atoms with van der Waals surface area (Å²) in [4.78, 5) is 4.36. The molecule has 3 rings (SSSR count). The summed E-state index contributed by atoms with van der Waals surface area (Å²) in [5.74, 6) is 0. The van der Waals surface area contributed by atoms with E-state index in [1.54, 1.807) is 0 Å². The number of nitrogens with one attached hydrogen (secondary N) is 1. The second kappa shape index (κ2) is 6.23. The molecule has 0 bridgehead atoms. The molecule has 0 saturated carbocycles. The zero-order valence-electron chi connectivity index (χ0n) is 12.0. The fourth-order valence-corrected chi connectivity index (χ4v) is 2.94. The van der Waals surface area contributed by atoms with E-state index in [1.165, 1.54) is 23.9 Å². The van der Waals surface area contributed by atoms with Crippen molar-refractivity contribution in [3.63, 3.8) is 0 Å². The van der Waals surface area contributed by atoms with Crippen molar-refractivity contribution in [1.29, 1.82) is 0 Å². The Morgan fingerprint density at radius 1 is 1.35 bits per heavy atom. The molecule has 0 amide bonds. The van der Waals surface area contributed by atoms with Crippen molar-refractivity contribution in [1.82, 2.24) is 4.98 Å². The lowest BCUT2D eigenvalue weighted by Crippen LogP contribution is -2.33. The van der Waals surface area contributed by atoms with Crippen molar-refractivity contribution >= 4 is 16.6 Å². The minimum Gasteiger partial charge on any atom is -0.382 e. The van der Waals surface area contributed by atoms with E-state index in [4.69, 9.17) is 4.74 Å². The summed E-state index contributed by atoms with van der Waals surface area (Å²) in [6.45, 7) is 3.09. The van der Waals surface area contributed by atoms with Gasteiger partial charge in [0.25, 0.3) is 0 Å². The number of hydrogen-bond donors (Lipinski definition) is 1. The Kier molecular flexibility index (Phi) is 4.16. The van der Waals surface area contributed by atoms with Gasteiger partial charge < -0.3 is 10.1 Å². The second-order valence-electron chi connectivity index (χ2n) is 5.56. The molecule has 106 valence electrons. The monoisotopic (exact) mass is 270 g/mol. The molecule has 1 aliphatic rings. The van der Waals surface area contributed by atoms with Crippen LogP contribution < -0.4 is 5.32 Å². The van der Waals surface area contributed by atoms with Gasteiger partial charge in [-0.3, -0.25) is 4.98 Å². The highest BCUT2D eigenvalue weighted by Crippen LogP contribution is 2.23. The predicted octanol–water partition coefficient (Wildman–Crippen LogP) is 3.99. The number of aromatic nitrogens is 1. The predicted molar refractivity (Wildman–Crippen MR) is 83.0 cm³/mol. The molecule has 2 aromatic rings. The van der Waals surface area contributed by atoms with Crippen LogP contribution >= 0.6 is 0 Å². The third kappa shape index (κ3) is 3.10. The maximum Gasteiger partial charge on any atom is 0.0703 e. The molecule has 20 heavy (non-hydrogen) atoms. The van der Waals surface area contributed by atoms with Gasteiger partial charge in [-0.05, 0) is 43.5 Å². The summed E-state index contributed by atoms with van der Waals surface area (Å²) in [6, 6.07) is 11.0. The maximum atomic E-state index is 5.81. The molecule has 3 nitrogen and oxygen atoms in total. The molecule has 1 aliphatic heterocycles. The lowest BCUT2D eigenvalue weighted by Gasteiger charge is -2.30. The first-order chi connectivity index (χ1) is 9.85. The highest BCUT2D eigenvalue weighted by molar-refractivity contribution is 5.82. The molecule has 1 aromatic carbocycles.